The van der Waals surface area contributed by atoms with Crippen LogP contribution in [0.2, 0.25) is 0 Å². The predicted molar refractivity (Wildman–Crippen MR) is 130 cm³/mol. The number of rotatable bonds is 7. The predicted octanol–water partition coefficient (Wildman–Crippen LogP) is 5.36. The lowest BCUT2D eigenvalue weighted by Gasteiger charge is -2.45. The zero-order valence-corrected chi connectivity index (χ0v) is 20.7. The lowest BCUT2D eigenvalue weighted by molar-refractivity contribution is 0.120. The zero-order valence-electron chi connectivity index (χ0n) is 20.7. The smallest absolute Gasteiger partial charge is 0.0520 e. The monoisotopic (exact) mass is 415 g/mol. The number of hydrogen-bond donors (Lipinski definition) is 3. The fourth-order valence-corrected chi connectivity index (χ4v) is 7.11. The number of dihydropyridines is 1. The third kappa shape index (κ3) is 5.71. The highest BCUT2D eigenvalue weighted by Crippen LogP contribution is 2.35. The normalized spacial score (nSPS) is 43.8. The molecule has 0 aromatic carbocycles. The SMILES string of the molecule is CC1CC(C)C(NCC(C)(CNC2C(C)CC(C)CC2C)C2C=CC=CN2)C(C)C1. The lowest BCUT2D eigenvalue weighted by Crippen LogP contribution is -2.58. The Hall–Kier alpha value is -0.800. The third-order valence-electron chi connectivity index (χ3n) is 8.57. The number of nitrogens with one attached hydrogen (secondary N) is 3. The van der Waals surface area contributed by atoms with E-state index in [9.17, 15) is 0 Å². The molecule has 0 radical (unpaired) electrons. The first-order valence-corrected chi connectivity index (χ1v) is 12.8. The summed E-state index contributed by atoms with van der Waals surface area (Å²) < 4.78 is 0. The molecule has 5 atom stereocenters. The van der Waals surface area contributed by atoms with E-state index < -0.39 is 0 Å². The van der Waals surface area contributed by atoms with Crippen molar-refractivity contribution < 1.29 is 0 Å². The van der Waals surface area contributed by atoms with Crippen LogP contribution < -0.4 is 16.0 Å². The molecule has 0 aromatic rings. The van der Waals surface area contributed by atoms with Gasteiger partial charge >= 0.3 is 0 Å². The van der Waals surface area contributed by atoms with Gasteiger partial charge in [-0.2, -0.15) is 0 Å². The molecular weight excluding hydrogens is 366 g/mol. The highest BCUT2D eigenvalue weighted by atomic mass is 15.0. The second kappa shape index (κ2) is 10.2. The van der Waals surface area contributed by atoms with Gasteiger partial charge in [-0.05, 0) is 73.5 Å². The van der Waals surface area contributed by atoms with E-state index in [1.54, 1.807) is 0 Å². The maximum atomic E-state index is 4.06. The molecule has 3 aliphatic rings. The molecule has 0 amide bonds. The Bertz CT molecular complexity index is 539. The van der Waals surface area contributed by atoms with Gasteiger partial charge in [-0.1, -0.05) is 60.6 Å². The Balaban J connectivity index is 1.67. The molecule has 3 N–H and O–H groups in total. The maximum Gasteiger partial charge on any atom is 0.0520 e. The van der Waals surface area contributed by atoms with Crippen LogP contribution in [0.5, 0.6) is 0 Å². The van der Waals surface area contributed by atoms with Crippen LogP contribution in [0.3, 0.4) is 0 Å². The van der Waals surface area contributed by atoms with E-state index in [0.29, 0.717) is 18.1 Å². The molecule has 3 heteroatoms. The van der Waals surface area contributed by atoms with Gasteiger partial charge in [-0.3, -0.25) is 0 Å². The largest absolute Gasteiger partial charge is 0.384 e. The van der Waals surface area contributed by atoms with Gasteiger partial charge in [0, 0.05) is 30.6 Å². The van der Waals surface area contributed by atoms with E-state index in [1.807, 2.05) is 0 Å². The van der Waals surface area contributed by atoms with Crippen molar-refractivity contribution in [3.05, 3.63) is 24.4 Å². The molecule has 172 valence electrons. The first kappa shape index (κ1) is 23.9. The van der Waals surface area contributed by atoms with E-state index in [4.69, 9.17) is 0 Å². The van der Waals surface area contributed by atoms with Crippen molar-refractivity contribution in [1.29, 1.82) is 0 Å². The van der Waals surface area contributed by atoms with Gasteiger partial charge in [0.15, 0.2) is 0 Å². The summed E-state index contributed by atoms with van der Waals surface area (Å²) in [5, 5.41) is 11.8. The maximum absolute atomic E-state index is 4.06. The molecule has 2 aliphatic carbocycles. The first-order chi connectivity index (χ1) is 14.2. The first-order valence-electron chi connectivity index (χ1n) is 12.8. The Labute approximate surface area is 186 Å². The molecule has 2 fully saturated rings. The minimum absolute atomic E-state index is 0.131. The van der Waals surface area contributed by atoms with Crippen LogP contribution in [0.15, 0.2) is 24.4 Å². The van der Waals surface area contributed by atoms with Crippen molar-refractivity contribution in [3.8, 4) is 0 Å². The lowest BCUT2D eigenvalue weighted by atomic mass is 9.72. The van der Waals surface area contributed by atoms with Gasteiger partial charge in [-0.15, -0.1) is 0 Å². The van der Waals surface area contributed by atoms with Crippen molar-refractivity contribution in [3.63, 3.8) is 0 Å². The number of allylic oxidation sites excluding steroid dienone is 2. The van der Waals surface area contributed by atoms with E-state index in [1.165, 1.54) is 25.7 Å². The van der Waals surface area contributed by atoms with E-state index in [0.717, 1.165) is 48.6 Å². The molecule has 5 unspecified atom stereocenters. The van der Waals surface area contributed by atoms with Crippen molar-refractivity contribution in [2.24, 2.45) is 40.9 Å². The fraction of sp³-hybridized carbons (Fsp3) is 0.852. The van der Waals surface area contributed by atoms with Crippen LogP contribution in [0.25, 0.3) is 0 Å². The summed E-state index contributed by atoms with van der Waals surface area (Å²) in [7, 11) is 0. The van der Waals surface area contributed by atoms with E-state index in [2.05, 4.69) is 88.8 Å². The molecule has 1 aliphatic heterocycles. The molecule has 30 heavy (non-hydrogen) atoms. The number of hydrogen-bond acceptors (Lipinski definition) is 3. The summed E-state index contributed by atoms with van der Waals surface area (Å²) in [5.74, 6) is 4.77. The Morgan fingerprint density at radius 2 is 1.17 bits per heavy atom. The second-order valence-electron chi connectivity index (χ2n) is 11.9. The van der Waals surface area contributed by atoms with Crippen molar-refractivity contribution >= 4 is 0 Å². The zero-order chi connectivity index (χ0) is 21.9. The molecule has 3 rings (SSSR count). The molecular formula is C27H49N3. The molecule has 0 spiro atoms. The van der Waals surface area contributed by atoms with Gasteiger partial charge in [0.1, 0.15) is 0 Å². The van der Waals surface area contributed by atoms with Crippen LogP contribution >= 0.6 is 0 Å². The average Bonchev–Trinajstić information content (AvgIpc) is 2.67. The molecule has 0 saturated heterocycles. The highest BCUT2D eigenvalue weighted by Gasteiger charge is 2.38. The van der Waals surface area contributed by atoms with Crippen LogP contribution in [-0.2, 0) is 0 Å². The van der Waals surface area contributed by atoms with Gasteiger partial charge in [-0.25, -0.2) is 0 Å². The summed E-state index contributed by atoms with van der Waals surface area (Å²) in [6, 6.07) is 1.64. The van der Waals surface area contributed by atoms with Crippen molar-refractivity contribution in [2.45, 2.75) is 92.3 Å². The fourth-order valence-electron chi connectivity index (χ4n) is 7.11. The van der Waals surface area contributed by atoms with Crippen LogP contribution in [0, 0.1) is 40.9 Å². The van der Waals surface area contributed by atoms with Crippen molar-refractivity contribution in [1.82, 2.24) is 16.0 Å². The Morgan fingerprint density at radius 1 is 0.733 bits per heavy atom. The van der Waals surface area contributed by atoms with Gasteiger partial charge in [0.2, 0.25) is 0 Å². The van der Waals surface area contributed by atoms with E-state index in [-0.39, 0.29) is 5.41 Å². The van der Waals surface area contributed by atoms with Crippen LogP contribution in [0.4, 0.5) is 0 Å². The summed E-state index contributed by atoms with van der Waals surface area (Å²) >= 11 is 0. The van der Waals surface area contributed by atoms with Gasteiger partial charge in [0.25, 0.3) is 0 Å². The topological polar surface area (TPSA) is 36.1 Å². The quantitative estimate of drug-likeness (QED) is 0.524. The Kier molecular flexibility index (Phi) is 8.12. The Morgan fingerprint density at radius 3 is 1.53 bits per heavy atom. The minimum Gasteiger partial charge on any atom is -0.384 e. The van der Waals surface area contributed by atoms with Crippen molar-refractivity contribution in [2.75, 3.05) is 13.1 Å². The summed E-state index contributed by atoms with van der Waals surface area (Å²) in [5.41, 5.74) is 0.131. The third-order valence-corrected chi connectivity index (χ3v) is 8.57. The standard InChI is InChI=1S/C27H49N3/c1-18-12-20(3)25(21(4)13-18)29-16-27(7,24-10-8-9-11-28-24)17-30-26-22(5)14-19(2)15-23(26)6/h8-11,18-26,28-30H,12-17H2,1-7H3. The molecule has 1 heterocycles. The molecule has 0 bridgehead atoms. The van der Waals surface area contributed by atoms with E-state index >= 15 is 0 Å². The molecule has 2 saturated carbocycles. The molecule has 3 nitrogen and oxygen atoms in total. The summed E-state index contributed by atoms with van der Waals surface area (Å²) in [6.45, 7) is 19.2. The summed E-state index contributed by atoms with van der Waals surface area (Å²) in [6.07, 6.45) is 14.2. The average molecular weight is 416 g/mol. The van der Waals surface area contributed by atoms with Crippen LogP contribution in [-0.4, -0.2) is 31.2 Å². The second-order valence-corrected chi connectivity index (χ2v) is 11.9. The highest BCUT2D eigenvalue weighted by molar-refractivity contribution is 5.16. The summed E-state index contributed by atoms with van der Waals surface area (Å²) in [4.78, 5) is 0. The van der Waals surface area contributed by atoms with Gasteiger partial charge in [0.05, 0.1) is 6.04 Å². The van der Waals surface area contributed by atoms with Crippen LogP contribution in [0.1, 0.15) is 74.1 Å². The van der Waals surface area contributed by atoms with Gasteiger partial charge < -0.3 is 16.0 Å². The minimum atomic E-state index is 0.131. The molecule has 0 aromatic heterocycles.